The highest BCUT2D eigenvalue weighted by atomic mass is 32.2. The van der Waals surface area contributed by atoms with E-state index >= 15 is 0 Å². The molecule has 0 saturated carbocycles. The second-order valence-electron chi connectivity index (χ2n) is 15.7. The molecule has 4 aromatic carbocycles. The normalized spacial score (nSPS) is 17.2. The molecule has 0 fully saturated rings. The van der Waals surface area contributed by atoms with Crippen LogP contribution in [0.3, 0.4) is 0 Å². The van der Waals surface area contributed by atoms with Gasteiger partial charge in [0.05, 0.1) is 67.7 Å². The summed E-state index contributed by atoms with van der Waals surface area (Å²) in [6.45, 7) is 5.14. The largest absolute Gasteiger partial charge is 0.493 e. The van der Waals surface area contributed by atoms with Crippen LogP contribution in [-0.2, 0) is 17.6 Å². The Hall–Kier alpha value is -5.82. The molecule has 306 valence electrons. The predicted octanol–water partition coefficient (Wildman–Crippen LogP) is 8.77. The van der Waals surface area contributed by atoms with Crippen LogP contribution in [0.15, 0.2) is 76.7 Å². The van der Waals surface area contributed by atoms with Crippen molar-refractivity contribution in [2.75, 3.05) is 48.8 Å². The maximum atomic E-state index is 14.1. The van der Waals surface area contributed by atoms with Crippen LogP contribution in [0.25, 0.3) is 0 Å². The minimum atomic E-state index is -0.257. The number of hydrogen-bond acceptors (Lipinski definition) is 10. The van der Waals surface area contributed by atoms with Crippen LogP contribution in [0, 0.1) is 0 Å². The first kappa shape index (κ1) is 40.0. The Morgan fingerprint density at radius 1 is 0.746 bits per heavy atom. The highest BCUT2D eigenvalue weighted by Crippen LogP contribution is 2.43. The zero-order valence-electron chi connectivity index (χ0n) is 34.1. The monoisotopic (exact) mass is 815 g/mol. The van der Waals surface area contributed by atoms with Crippen LogP contribution < -0.4 is 34.1 Å². The van der Waals surface area contributed by atoms with Gasteiger partial charge in [0.1, 0.15) is 0 Å². The first-order valence-corrected chi connectivity index (χ1v) is 21.3. The lowest BCUT2D eigenvalue weighted by Crippen LogP contribution is -2.37. The number of rotatable bonds is 15. The van der Waals surface area contributed by atoms with Crippen molar-refractivity contribution in [2.24, 2.45) is 9.98 Å². The summed E-state index contributed by atoms with van der Waals surface area (Å²) in [6.07, 6.45) is 10.6. The number of unbranched alkanes of at least 4 members (excludes halogenated alkanes) is 2. The van der Waals surface area contributed by atoms with Gasteiger partial charge in [0.25, 0.3) is 11.8 Å². The number of carbonyl (C=O) groups excluding carboxylic acids is 3. The van der Waals surface area contributed by atoms with E-state index < -0.39 is 0 Å². The molecule has 2 atom stereocenters. The summed E-state index contributed by atoms with van der Waals surface area (Å²) in [5.41, 5.74) is 6.47. The van der Waals surface area contributed by atoms with Crippen molar-refractivity contribution in [3.05, 3.63) is 89.0 Å². The maximum absolute atomic E-state index is 14.1. The van der Waals surface area contributed by atoms with Crippen molar-refractivity contribution < 1.29 is 33.3 Å². The number of carbonyl (C=O) groups is 3. The molecule has 13 heteroatoms. The van der Waals surface area contributed by atoms with Gasteiger partial charge in [-0.3, -0.25) is 34.2 Å². The molecule has 0 aliphatic carbocycles. The third kappa shape index (κ3) is 8.12. The molecule has 0 bridgehead atoms. The van der Waals surface area contributed by atoms with Crippen molar-refractivity contribution >= 4 is 70.3 Å². The molecule has 4 heterocycles. The standard InChI is InChI=1S/C46H49N5O7S/c1-46(2,59-5)16-15-43(52)49-30-14-13-29-20-32-27-48-36-25-42(40(56-4)23-34(36)45(54)51(32)38(29)21-30)58-18-10-6-9-17-57-41-24-35-33(22-39(41)55-3)44(53)50-31(26-47-35)19-28-11-7-8-12-37(28)50/h7-8,11-14,21-27,31-32H,6,9-10,15-20H2,1-5H3,(H,49,52)/t31-,32-/m0/s1. The van der Waals surface area contributed by atoms with Gasteiger partial charge in [-0.15, -0.1) is 0 Å². The third-order valence-corrected chi connectivity index (χ3v) is 12.8. The van der Waals surface area contributed by atoms with Crippen molar-refractivity contribution in [1.29, 1.82) is 0 Å². The Labute approximate surface area is 349 Å². The van der Waals surface area contributed by atoms with Gasteiger partial charge in [-0.05, 0) is 73.4 Å². The number of aliphatic imine (C=N–C) groups is 2. The fourth-order valence-electron chi connectivity index (χ4n) is 7.98. The molecule has 4 aliphatic heterocycles. The smallest absolute Gasteiger partial charge is 0.261 e. The predicted molar refractivity (Wildman–Crippen MR) is 234 cm³/mol. The minimum Gasteiger partial charge on any atom is -0.493 e. The first-order chi connectivity index (χ1) is 28.6. The van der Waals surface area contributed by atoms with Crippen LogP contribution in [0.5, 0.6) is 23.0 Å². The second kappa shape index (κ2) is 16.8. The number of hydrogen-bond donors (Lipinski definition) is 1. The molecule has 0 aromatic heterocycles. The molecular formula is C46H49N5O7S. The zero-order valence-corrected chi connectivity index (χ0v) is 34.9. The van der Waals surface area contributed by atoms with Gasteiger partial charge in [0.15, 0.2) is 23.0 Å². The SMILES string of the molecule is COc1cc2c(cc1OCCCCCOc1cc3c(cc1OC)C(=O)N1c4cc(NC(=O)CCC(C)(C)SC)ccc4C[C@H]1C=N3)N=C[C@@H]1Cc3ccccc3N1C2=O. The van der Waals surface area contributed by atoms with Crippen molar-refractivity contribution in [2.45, 2.75) is 75.6 Å². The summed E-state index contributed by atoms with van der Waals surface area (Å²) in [5.74, 6) is 1.64. The Morgan fingerprint density at radius 3 is 1.88 bits per heavy atom. The number of benzene rings is 4. The molecule has 0 saturated heterocycles. The summed E-state index contributed by atoms with van der Waals surface area (Å²) in [4.78, 5) is 53.7. The van der Waals surface area contributed by atoms with Gasteiger partial charge in [-0.25, -0.2) is 0 Å². The van der Waals surface area contributed by atoms with E-state index in [9.17, 15) is 14.4 Å². The van der Waals surface area contributed by atoms with E-state index in [1.54, 1.807) is 55.1 Å². The number of nitrogens with zero attached hydrogens (tertiary/aromatic N) is 4. The first-order valence-electron chi connectivity index (χ1n) is 20.1. The Morgan fingerprint density at radius 2 is 1.31 bits per heavy atom. The van der Waals surface area contributed by atoms with E-state index in [1.165, 1.54) is 0 Å². The Balaban J connectivity index is 0.858. The third-order valence-electron chi connectivity index (χ3n) is 11.4. The summed E-state index contributed by atoms with van der Waals surface area (Å²) >= 11 is 1.74. The molecule has 1 N–H and O–H groups in total. The molecule has 0 radical (unpaired) electrons. The average Bonchev–Trinajstić information content (AvgIpc) is 3.72. The van der Waals surface area contributed by atoms with Crippen LogP contribution in [-0.4, -0.2) is 80.7 Å². The fraction of sp³-hybridized carbons (Fsp3) is 0.370. The lowest BCUT2D eigenvalue weighted by atomic mass is 10.1. The second-order valence-corrected chi connectivity index (χ2v) is 17.2. The molecule has 0 unspecified atom stereocenters. The number of methoxy groups -OCH3 is 2. The number of thioether (sulfide) groups is 1. The molecule has 12 nitrogen and oxygen atoms in total. The van der Waals surface area contributed by atoms with E-state index in [4.69, 9.17) is 28.9 Å². The highest BCUT2D eigenvalue weighted by molar-refractivity contribution is 7.99. The van der Waals surface area contributed by atoms with Gasteiger partial charge < -0.3 is 24.3 Å². The Kier molecular flexibility index (Phi) is 11.4. The molecule has 0 spiro atoms. The van der Waals surface area contributed by atoms with Gasteiger partial charge >= 0.3 is 0 Å². The molecule has 4 aliphatic rings. The zero-order chi connectivity index (χ0) is 41.3. The van der Waals surface area contributed by atoms with Gasteiger partial charge in [-0.1, -0.05) is 38.1 Å². The molecular weight excluding hydrogens is 767 g/mol. The lowest BCUT2D eigenvalue weighted by Gasteiger charge is -2.23. The molecule has 4 aromatic rings. The number of anilines is 3. The topological polar surface area (TPSA) is 131 Å². The van der Waals surface area contributed by atoms with Crippen molar-refractivity contribution in [3.8, 4) is 23.0 Å². The fourth-order valence-corrected chi connectivity index (χ4v) is 8.29. The van der Waals surface area contributed by atoms with Gasteiger partial charge in [-0.2, -0.15) is 11.8 Å². The molecule has 3 amide bonds. The number of nitrogens with one attached hydrogen (secondary N) is 1. The van der Waals surface area contributed by atoms with Crippen LogP contribution >= 0.6 is 11.8 Å². The quantitative estimate of drug-likeness (QED) is 0.118. The van der Waals surface area contributed by atoms with E-state index in [2.05, 4.69) is 31.5 Å². The number of fused-ring (bicyclic) bond motifs is 8. The summed E-state index contributed by atoms with van der Waals surface area (Å²) in [5, 5.41) is 3.02. The maximum Gasteiger partial charge on any atom is 0.261 e. The van der Waals surface area contributed by atoms with Crippen LogP contribution in [0.1, 0.15) is 77.8 Å². The molecule has 8 rings (SSSR count). The lowest BCUT2D eigenvalue weighted by molar-refractivity contribution is -0.116. The van der Waals surface area contributed by atoms with Gasteiger partial charge in [0, 0.05) is 59.9 Å². The number of ether oxygens (including phenoxy) is 4. The average molecular weight is 816 g/mol. The van der Waals surface area contributed by atoms with Crippen molar-refractivity contribution in [3.63, 3.8) is 0 Å². The number of para-hydroxylation sites is 1. The number of amides is 3. The van der Waals surface area contributed by atoms with E-state index in [0.29, 0.717) is 77.2 Å². The highest BCUT2D eigenvalue weighted by Gasteiger charge is 2.38. The van der Waals surface area contributed by atoms with Crippen LogP contribution in [0.2, 0.25) is 0 Å². The molecule has 59 heavy (non-hydrogen) atoms. The van der Waals surface area contributed by atoms with E-state index in [1.807, 2.05) is 53.7 Å². The van der Waals surface area contributed by atoms with Crippen LogP contribution in [0.4, 0.5) is 28.4 Å². The summed E-state index contributed by atoms with van der Waals surface area (Å²) < 4.78 is 23.7. The van der Waals surface area contributed by atoms with Crippen molar-refractivity contribution in [1.82, 2.24) is 0 Å². The van der Waals surface area contributed by atoms with E-state index in [-0.39, 0.29) is 34.6 Å². The summed E-state index contributed by atoms with van der Waals surface area (Å²) in [6, 6.07) is 20.3. The minimum absolute atomic E-state index is 0.0178. The summed E-state index contributed by atoms with van der Waals surface area (Å²) in [7, 11) is 3.12. The van der Waals surface area contributed by atoms with Gasteiger partial charge in [0.2, 0.25) is 5.91 Å². The Bertz CT molecular complexity index is 2360. The van der Waals surface area contributed by atoms with E-state index in [0.717, 1.165) is 54.6 Å².